The maximum Gasteiger partial charge on any atom is 0.307 e. The zero-order valence-corrected chi connectivity index (χ0v) is 32.7. The fourth-order valence-corrected chi connectivity index (χ4v) is 6.77. The van der Waals surface area contributed by atoms with Gasteiger partial charge in [0.2, 0.25) is 10.0 Å². The zero-order chi connectivity index (χ0) is 41.5. The van der Waals surface area contributed by atoms with Crippen molar-refractivity contribution in [3.05, 3.63) is 40.7 Å². The Labute approximate surface area is 328 Å². The Bertz CT molecular complexity index is 1900. The van der Waals surface area contributed by atoms with Gasteiger partial charge in [0.25, 0.3) is 17.7 Å². The Morgan fingerprint density at radius 2 is 1.75 bits per heavy atom. The summed E-state index contributed by atoms with van der Waals surface area (Å²) in [6.07, 6.45) is 2.96. The number of esters is 1. The predicted octanol–water partition coefficient (Wildman–Crippen LogP) is 0.569. The number of ether oxygens (including phenoxy) is 1. The van der Waals surface area contributed by atoms with Crippen LogP contribution in [0.4, 0.5) is 11.6 Å². The number of aliphatic carboxylic acids is 1. The van der Waals surface area contributed by atoms with Gasteiger partial charge in [-0.15, -0.1) is 0 Å². The largest absolute Gasteiger partial charge is 0.481 e. The van der Waals surface area contributed by atoms with E-state index in [0.29, 0.717) is 51.9 Å². The molecule has 3 amide bonds. The van der Waals surface area contributed by atoms with Crippen molar-refractivity contribution in [1.29, 1.82) is 0 Å². The molecule has 0 radical (unpaired) electrons. The van der Waals surface area contributed by atoms with Gasteiger partial charge in [0.1, 0.15) is 6.29 Å². The highest BCUT2D eigenvalue weighted by atomic mass is 35.5. The van der Waals surface area contributed by atoms with Crippen LogP contribution >= 0.6 is 11.6 Å². The summed E-state index contributed by atoms with van der Waals surface area (Å²) in [6.45, 7) is 5.43. The van der Waals surface area contributed by atoms with E-state index < -0.39 is 40.0 Å². The zero-order valence-electron chi connectivity index (χ0n) is 31.1. The normalized spacial score (nSPS) is 14.4. The summed E-state index contributed by atoms with van der Waals surface area (Å²) in [5, 5.41) is 13.6. The van der Waals surface area contributed by atoms with Crippen molar-refractivity contribution in [2.24, 2.45) is 4.99 Å². The number of sulfonamides is 1. The van der Waals surface area contributed by atoms with Crippen LogP contribution in [-0.4, -0.2) is 127 Å². The minimum Gasteiger partial charge on any atom is -0.481 e. The van der Waals surface area contributed by atoms with E-state index in [1.54, 1.807) is 9.80 Å². The second-order valence-corrected chi connectivity index (χ2v) is 14.9. The number of rotatable bonds is 16. The smallest absolute Gasteiger partial charge is 0.307 e. The number of aliphatic imine (C=N–C) groups is 1. The third-order valence-electron chi connectivity index (χ3n) is 8.47. The van der Waals surface area contributed by atoms with Gasteiger partial charge < -0.3 is 41.2 Å². The van der Waals surface area contributed by atoms with Crippen LogP contribution in [0, 0.1) is 0 Å². The van der Waals surface area contributed by atoms with E-state index in [4.69, 9.17) is 32.9 Å². The number of halogens is 1. The van der Waals surface area contributed by atoms with E-state index in [1.807, 2.05) is 13.8 Å². The van der Waals surface area contributed by atoms with Gasteiger partial charge in [-0.3, -0.25) is 34.3 Å². The molecule has 1 spiro atoms. The minimum absolute atomic E-state index is 0.0521. The van der Waals surface area contributed by atoms with Crippen LogP contribution in [0.2, 0.25) is 5.15 Å². The summed E-state index contributed by atoms with van der Waals surface area (Å²) in [7, 11) is -4.06. The number of carboxylic acids is 1. The first-order valence-corrected chi connectivity index (χ1v) is 19.6. The number of carbonyl (C=O) groups excluding carboxylic acids is 5. The molecule has 56 heavy (non-hydrogen) atoms. The van der Waals surface area contributed by atoms with Gasteiger partial charge in [-0.05, 0) is 43.9 Å². The van der Waals surface area contributed by atoms with E-state index in [9.17, 15) is 37.2 Å². The van der Waals surface area contributed by atoms with Gasteiger partial charge in [0, 0.05) is 44.7 Å². The van der Waals surface area contributed by atoms with Crippen LogP contribution in [0.3, 0.4) is 0 Å². The lowest BCUT2D eigenvalue weighted by Crippen LogP contribution is -2.57. The summed E-state index contributed by atoms with van der Waals surface area (Å²) in [4.78, 5) is 84.7. The molecule has 2 aliphatic rings. The molecule has 20 nitrogen and oxygen atoms in total. The van der Waals surface area contributed by atoms with Crippen molar-refractivity contribution in [2.45, 2.75) is 69.2 Å². The third-order valence-corrected chi connectivity index (χ3v) is 10.2. The van der Waals surface area contributed by atoms with Crippen LogP contribution in [0.1, 0.15) is 79.6 Å². The first kappa shape index (κ1) is 45.0. The molecule has 2 aromatic rings. The number of guanidine groups is 1. The number of benzene rings is 1. The third kappa shape index (κ3) is 13.1. The number of nitrogens with two attached hydrogens (primary N) is 2. The summed E-state index contributed by atoms with van der Waals surface area (Å²) in [5.74, 6) is -3.01. The van der Waals surface area contributed by atoms with E-state index >= 15 is 0 Å². The molecule has 1 aromatic carbocycles. The quantitative estimate of drug-likeness (QED) is 0.0996. The number of nitrogens with one attached hydrogen (secondary N) is 3. The van der Waals surface area contributed by atoms with Crippen LogP contribution in [0.25, 0.3) is 0 Å². The number of hydrogen-bond donors (Lipinski definition) is 6. The molecule has 2 aliphatic heterocycles. The van der Waals surface area contributed by atoms with E-state index in [-0.39, 0.29) is 76.5 Å². The SMILES string of the molecule is CCCN(CCC)C(=O)COC(=O)CCNS(=O)(=O)c1cccc(C(=O)N2CCC3(CC2)CN=C(NC(=O)c2nc(Cl)c(N)nc2N)N3)c1.O=CCCC(=O)O. The maximum absolute atomic E-state index is 13.4. The summed E-state index contributed by atoms with van der Waals surface area (Å²) in [5.41, 5.74) is 10.8. The Kier molecular flexibility index (Phi) is 16.9. The van der Waals surface area contributed by atoms with Gasteiger partial charge in [-0.2, -0.15) is 0 Å². The molecule has 1 saturated heterocycles. The number of aldehydes is 1. The molecule has 22 heteroatoms. The number of carbonyl (C=O) groups is 6. The van der Waals surface area contributed by atoms with Crippen molar-refractivity contribution in [3.8, 4) is 0 Å². The number of aromatic nitrogens is 2. The lowest BCUT2D eigenvalue weighted by atomic mass is 9.88. The van der Waals surface area contributed by atoms with Gasteiger partial charge in [0.05, 0.1) is 29.8 Å². The molecule has 3 heterocycles. The fraction of sp³-hybridized carbons (Fsp3) is 0.500. The maximum atomic E-state index is 13.4. The second-order valence-electron chi connectivity index (χ2n) is 12.8. The van der Waals surface area contributed by atoms with Gasteiger partial charge >= 0.3 is 11.9 Å². The van der Waals surface area contributed by atoms with Gasteiger partial charge in [-0.25, -0.2) is 23.1 Å². The van der Waals surface area contributed by atoms with Gasteiger partial charge in [-0.1, -0.05) is 31.5 Å². The number of nitrogen functional groups attached to an aromatic ring is 2. The Morgan fingerprint density at radius 1 is 1.07 bits per heavy atom. The summed E-state index contributed by atoms with van der Waals surface area (Å²) >= 11 is 5.88. The van der Waals surface area contributed by atoms with Crippen LogP contribution in [0.5, 0.6) is 0 Å². The molecule has 0 saturated carbocycles. The first-order chi connectivity index (χ1) is 26.5. The highest BCUT2D eigenvalue weighted by Crippen LogP contribution is 2.27. The lowest BCUT2D eigenvalue weighted by molar-refractivity contribution is -0.152. The molecule has 306 valence electrons. The molecular weight excluding hydrogens is 776 g/mol. The van der Waals surface area contributed by atoms with Crippen LogP contribution in [0.15, 0.2) is 34.2 Å². The lowest BCUT2D eigenvalue weighted by Gasteiger charge is -2.39. The number of nitrogens with zero attached hydrogens (tertiary/aromatic N) is 5. The fourth-order valence-electron chi connectivity index (χ4n) is 5.57. The minimum atomic E-state index is -4.06. The Morgan fingerprint density at radius 3 is 2.36 bits per heavy atom. The average molecular weight is 823 g/mol. The van der Waals surface area contributed by atoms with E-state index in [0.717, 1.165) is 12.8 Å². The average Bonchev–Trinajstić information content (AvgIpc) is 3.55. The predicted molar refractivity (Wildman–Crippen MR) is 204 cm³/mol. The molecule has 1 fully saturated rings. The molecule has 8 N–H and O–H groups in total. The molecular formula is C34H47ClN10O10S. The number of carboxylic acid groups (broad SMARTS) is 1. The monoisotopic (exact) mass is 822 g/mol. The first-order valence-electron chi connectivity index (χ1n) is 17.7. The Hall–Kier alpha value is -5.41. The number of amides is 3. The molecule has 0 atom stereocenters. The molecule has 1 aromatic heterocycles. The molecule has 4 rings (SSSR count). The summed E-state index contributed by atoms with van der Waals surface area (Å²) in [6, 6.07) is 5.64. The van der Waals surface area contributed by atoms with Crippen molar-refractivity contribution >= 4 is 75.2 Å². The Balaban J connectivity index is 0.00000109. The highest BCUT2D eigenvalue weighted by Gasteiger charge is 2.40. The van der Waals surface area contributed by atoms with E-state index in [2.05, 4.69) is 30.3 Å². The molecule has 0 bridgehead atoms. The van der Waals surface area contributed by atoms with Crippen LogP contribution < -0.4 is 26.8 Å². The number of likely N-dealkylation sites (tertiary alicyclic amines) is 1. The highest BCUT2D eigenvalue weighted by molar-refractivity contribution is 7.89. The van der Waals surface area contributed by atoms with Gasteiger partial charge in [0.15, 0.2) is 35.0 Å². The van der Waals surface area contributed by atoms with Crippen molar-refractivity contribution in [2.75, 3.05) is 57.3 Å². The van der Waals surface area contributed by atoms with Crippen molar-refractivity contribution < 1.29 is 47.0 Å². The van der Waals surface area contributed by atoms with Crippen molar-refractivity contribution in [3.63, 3.8) is 0 Å². The van der Waals surface area contributed by atoms with Crippen molar-refractivity contribution in [1.82, 2.24) is 35.1 Å². The molecule has 0 aliphatic carbocycles. The second kappa shape index (κ2) is 21.0. The number of hydrogen-bond acceptors (Lipinski definition) is 15. The number of piperidine rings is 1. The summed E-state index contributed by atoms with van der Waals surface area (Å²) < 4.78 is 33.3. The van der Waals surface area contributed by atoms with Crippen LogP contribution in [-0.2, 0) is 33.9 Å². The van der Waals surface area contributed by atoms with E-state index in [1.165, 1.54) is 24.3 Å². The molecule has 0 unspecified atom stereocenters. The number of anilines is 2. The topological polar surface area (TPSA) is 299 Å². The standard InChI is InChI=1S/C30H41ClN10O7S.C4H6O3/c1-3-12-40(13-4-2)21(42)17-48-22(43)8-11-35-49(46,47)20-7-5-6-19(16-20)28(45)41-14-9-30(10-15-41)18-34-29(39-30)38-27(44)23-25(32)37-26(33)24(31)36-23;5-3-1-2-4(6)7/h5-7,16,35H,3-4,8-15,17-18H2,1-2H3,(H4,32,33,37)(H2,34,38,39,44);3H,1-2H2,(H,6,7).